The maximum Gasteiger partial charge on any atom is 0.279 e. The molecule has 1 aliphatic heterocycles. The molecule has 1 saturated heterocycles. The highest BCUT2D eigenvalue weighted by molar-refractivity contribution is 5.87. The van der Waals surface area contributed by atoms with E-state index >= 15 is 0 Å². The molecule has 0 unspecified atom stereocenters. The minimum atomic E-state index is -0.282. The van der Waals surface area contributed by atoms with Crippen LogP contribution >= 0.6 is 0 Å². The zero-order chi connectivity index (χ0) is 15.4. The Bertz CT molecular complexity index is 532. The normalized spacial score (nSPS) is 27.6. The molecule has 2 amide bonds. The highest BCUT2D eigenvalue weighted by atomic mass is 16.2. The van der Waals surface area contributed by atoms with Crippen LogP contribution in [-0.2, 0) is 16.1 Å². The van der Waals surface area contributed by atoms with Crippen molar-refractivity contribution >= 4 is 11.8 Å². The molecule has 118 valence electrons. The topological polar surface area (TPSA) is 74.8 Å². The van der Waals surface area contributed by atoms with Crippen LogP contribution in [0.4, 0.5) is 0 Å². The summed E-state index contributed by atoms with van der Waals surface area (Å²) >= 11 is 0. The van der Waals surface area contributed by atoms with E-state index in [1.807, 2.05) is 30.3 Å². The van der Waals surface area contributed by atoms with Gasteiger partial charge in [-0.1, -0.05) is 36.8 Å². The van der Waals surface area contributed by atoms with Gasteiger partial charge in [0.05, 0.1) is 12.5 Å². The molecular weight excluding hydrogens is 278 g/mol. The van der Waals surface area contributed by atoms with Gasteiger partial charge in [-0.25, -0.2) is 0 Å². The summed E-state index contributed by atoms with van der Waals surface area (Å²) in [6, 6.07) is 10.3. The van der Waals surface area contributed by atoms with E-state index in [0.29, 0.717) is 18.6 Å². The highest BCUT2D eigenvalue weighted by Gasteiger charge is 2.40. The van der Waals surface area contributed by atoms with Crippen LogP contribution in [0.25, 0.3) is 0 Å². The van der Waals surface area contributed by atoms with Gasteiger partial charge in [0.2, 0.25) is 5.91 Å². The Balaban J connectivity index is 1.49. The van der Waals surface area contributed by atoms with Crippen molar-refractivity contribution < 1.29 is 14.9 Å². The molecule has 22 heavy (non-hydrogen) atoms. The van der Waals surface area contributed by atoms with Crippen LogP contribution in [0.15, 0.2) is 30.3 Å². The van der Waals surface area contributed by atoms with Gasteiger partial charge in [-0.3, -0.25) is 9.59 Å². The van der Waals surface area contributed by atoms with E-state index in [1.54, 1.807) is 0 Å². The van der Waals surface area contributed by atoms with E-state index in [9.17, 15) is 9.59 Å². The Kier molecular flexibility index (Phi) is 4.73. The Hall–Kier alpha value is -1.88. The molecule has 5 nitrogen and oxygen atoms in total. The molecule has 3 atom stereocenters. The summed E-state index contributed by atoms with van der Waals surface area (Å²) in [5, 5.41) is 8.11. The number of rotatable bonds is 4. The number of benzene rings is 1. The Morgan fingerprint density at radius 1 is 1.23 bits per heavy atom. The molecule has 4 N–H and O–H groups in total. The van der Waals surface area contributed by atoms with Crippen molar-refractivity contribution in [2.24, 2.45) is 0 Å². The summed E-state index contributed by atoms with van der Waals surface area (Å²) < 4.78 is 0. The van der Waals surface area contributed by atoms with Crippen LogP contribution in [0.2, 0.25) is 0 Å². The van der Waals surface area contributed by atoms with E-state index in [0.717, 1.165) is 18.4 Å². The predicted molar refractivity (Wildman–Crippen MR) is 82.8 cm³/mol. The SMILES string of the molecule is O=C(C[C@H]1[NH2+][C@H]2CCCC[C@@H]2NC1=O)NCc1ccccc1. The second kappa shape index (κ2) is 6.92. The minimum Gasteiger partial charge on any atom is -0.352 e. The zero-order valence-electron chi connectivity index (χ0n) is 12.8. The van der Waals surface area contributed by atoms with Crippen molar-refractivity contribution in [2.75, 3.05) is 0 Å². The first kappa shape index (κ1) is 15.0. The summed E-state index contributed by atoms with van der Waals surface area (Å²) in [6.45, 7) is 0.514. The first-order chi connectivity index (χ1) is 10.7. The lowest BCUT2D eigenvalue weighted by Gasteiger charge is -2.37. The van der Waals surface area contributed by atoms with Crippen LogP contribution in [0, 0.1) is 0 Å². The average molecular weight is 302 g/mol. The van der Waals surface area contributed by atoms with Gasteiger partial charge in [-0.05, 0) is 18.4 Å². The average Bonchev–Trinajstić information content (AvgIpc) is 2.55. The molecule has 5 heteroatoms. The van der Waals surface area contributed by atoms with Gasteiger partial charge in [0.1, 0.15) is 6.04 Å². The molecule has 0 radical (unpaired) electrons. The van der Waals surface area contributed by atoms with E-state index in [2.05, 4.69) is 16.0 Å². The number of quaternary nitrogens is 1. The van der Waals surface area contributed by atoms with Gasteiger partial charge in [-0.15, -0.1) is 0 Å². The summed E-state index contributed by atoms with van der Waals surface area (Å²) in [7, 11) is 0. The fourth-order valence-corrected chi connectivity index (χ4v) is 3.47. The highest BCUT2D eigenvalue weighted by Crippen LogP contribution is 2.18. The number of amides is 2. The maximum atomic E-state index is 12.1. The molecule has 1 aliphatic carbocycles. The van der Waals surface area contributed by atoms with Gasteiger partial charge in [0.15, 0.2) is 6.04 Å². The maximum absolute atomic E-state index is 12.1. The summed E-state index contributed by atoms with van der Waals surface area (Å²) in [5.41, 5.74) is 1.07. The van der Waals surface area contributed by atoms with Gasteiger partial charge in [0.25, 0.3) is 5.91 Å². The van der Waals surface area contributed by atoms with Crippen LogP contribution in [0.1, 0.15) is 37.7 Å². The number of nitrogens with two attached hydrogens (primary N) is 1. The van der Waals surface area contributed by atoms with Crippen LogP contribution in [0.5, 0.6) is 0 Å². The molecule has 3 rings (SSSR count). The lowest BCUT2D eigenvalue weighted by atomic mass is 9.87. The molecule has 1 heterocycles. The number of piperazine rings is 1. The molecular formula is C17H24N3O2+. The number of hydrogen-bond donors (Lipinski definition) is 3. The minimum absolute atomic E-state index is 0.0120. The van der Waals surface area contributed by atoms with Crippen molar-refractivity contribution in [2.45, 2.75) is 56.8 Å². The van der Waals surface area contributed by atoms with Crippen LogP contribution < -0.4 is 16.0 Å². The van der Waals surface area contributed by atoms with Crippen molar-refractivity contribution in [1.29, 1.82) is 0 Å². The van der Waals surface area contributed by atoms with Gasteiger partial charge in [-0.2, -0.15) is 0 Å². The molecule has 2 aliphatic rings. The second-order valence-electron chi connectivity index (χ2n) is 6.33. The first-order valence-electron chi connectivity index (χ1n) is 8.18. The van der Waals surface area contributed by atoms with Crippen LogP contribution in [0.3, 0.4) is 0 Å². The van der Waals surface area contributed by atoms with Gasteiger partial charge >= 0.3 is 0 Å². The van der Waals surface area contributed by atoms with Crippen LogP contribution in [-0.4, -0.2) is 29.9 Å². The van der Waals surface area contributed by atoms with Crippen molar-refractivity contribution in [3.8, 4) is 0 Å². The predicted octanol–water partition coefficient (Wildman–Crippen LogP) is 0.0659. The number of carbonyl (C=O) groups excluding carboxylic acids is 2. The lowest BCUT2D eigenvalue weighted by Crippen LogP contribution is -3.03. The molecule has 0 spiro atoms. The molecule has 0 aromatic heterocycles. The molecule has 2 fully saturated rings. The summed E-state index contributed by atoms with van der Waals surface area (Å²) in [5.74, 6) is -0.0486. The Labute approximate surface area is 130 Å². The lowest BCUT2D eigenvalue weighted by molar-refractivity contribution is -0.718. The Morgan fingerprint density at radius 2 is 2.00 bits per heavy atom. The third-order valence-electron chi connectivity index (χ3n) is 4.70. The van der Waals surface area contributed by atoms with Crippen molar-refractivity contribution in [1.82, 2.24) is 10.6 Å². The Morgan fingerprint density at radius 3 is 2.82 bits per heavy atom. The third kappa shape index (κ3) is 3.65. The van der Waals surface area contributed by atoms with E-state index in [1.165, 1.54) is 12.8 Å². The quantitative estimate of drug-likeness (QED) is 0.736. The van der Waals surface area contributed by atoms with Crippen molar-refractivity contribution in [3.63, 3.8) is 0 Å². The summed E-state index contributed by atoms with van der Waals surface area (Å²) in [4.78, 5) is 24.2. The second-order valence-corrected chi connectivity index (χ2v) is 6.33. The fourth-order valence-electron chi connectivity index (χ4n) is 3.47. The standard InChI is InChI=1S/C17H23N3O2/c21-16(18-11-12-6-2-1-3-7-12)10-15-17(22)20-14-9-5-4-8-13(14)19-15/h1-3,6-7,13-15,19H,4-5,8-11H2,(H,18,21)(H,20,22)/p+1/t13-,14-,15+/m0/s1. The number of carbonyl (C=O) groups is 2. The molecule has 1 aromatic carbocycles. The number of nitrogens with one attached hydrogen (secondary N) is 2. The smallest absolute Gasteiger partial charge is 0.279 e. The molecule has 0 bridgehead atoms. The van der Waals surface area contributed by atoms with Gasteiger partial charge < -0.3 is 16.0 Å². The fraction of sp³-hybridized carbons (Fsp3) is 0.529. The zero-order valence-corrected chi connectivity index (χ0v) is 12.8. The van der Waals surface area contributed by atoms with Gasteiger partial charge in [0, 0.05) is 13.0 Å². The van der Waals surface area contributed by atoms with Crippen molar-refractivity contribution in [3.05, 3.63) is 35.9 Å². The number of hydrogen-bond acceptors (Lipinski definition) is 2. The third-order valence-corrected chi connectivity index (χ3v) is 4.70. The number of fused-ring (bicyclic) bond motifs is 1. The monoisotopic (exact) mass is 302 g/mol. The van der Waals surface area contributed by atoms with E-state index in [-0.39, 0.29) is 24.3 Å². The largest absolute Gasteiger partial charge is 0.352 e. The first-order valence-corrected chi connectivity index (χ1v) is 8.18. The van der Waals surface area contributed by atoms with E-state index in [4.69, 9.17) is 0 Å². The molecule has 1 aromatic rings. The molecule has 1 saturated carbocycles. The van der Waals surface area contributed by atoms with E-state index < -0.39 is 0 Å². The summed E-state index contributed by atoms with van der Waals surface area (Å²) in [6.07, 6.45) is 4.87.